The fourth-order valence-corrected chi connectivity index (χ4v) is 2.89. The summed E-state index contributed by atoms with van der Waals surface area (Å²) >= 11 is 1.25. The van der Waals surface area contributed by atoms with Crippen molar-refractivity contribution in [2.45, 2.75) is 6.61 Å². The van der Waals surface area contributed by atoms with Crippen LogP contribution in [0.2, 0.25) is 0 Å². The molecule has 0 radical (unpaired) electrons. The van der Waals surface area contributed by atoms with Crippen LogP contribution in [0.3, 0.4) is 0 Å². The number of ether oxygens (including phenoxy) is 1. The van der Waals surface area contributed by atoms with Crippen LogP contribution in [0.1, 0.15) is 15.5 Å². The molecule has 0 spiro atoms. The SMILES string of the molecule is COCc1nnc(NC(=O)c2cc3cc(F)ccc3n2C)s1. The fraction of sp³-hybridized carbons (Fsp3) is 0.214. The van der Waals surface area contributed by atoms with Crippen LogP contribution in [0.5, 0.6) is 0 Å². The van der Waals surface area contributed by atoms with Crippen LogP contribution < -0.4 is 5.32 Å². The lowest BCUT2D eigenvalue weighted by molar-refractivity contribution is 0.101. The number of benzene rings is 1. The third-order valence-corrected chi connectivity index (χ3v) is 4.00. The number of hydrogen-bond acceptors (Lipinski definition) is 5. The van der Waals surface area contributed by atoms with Gasteiger partial charge < -0.3 is 9.30 Å². The Balaban J connectivity index is 1.86. The summed E-state index contributed by atoms with van der Waals surface area (Å²) in [5.41, 5.74) is 1.20. The van der Waals surface area contributed by atoms with E-state index in [1.165, 1.54) is 23.5 Å². The molecule has 3 rings (SSSR count). The summed E-state index contributed by atoms with van der Waals surface area (Å²) in [5.74, 6) is -0.655. The number of aromatic nitrogens is 3. The van der Waals surface area contributed by atoms with Gasteiger partial charge in [0.1, 0.15) is 23.1 Å². The lowest BCUT2D eigenvalue weighted by Gasteiger charge is -2.03. The molecule has 22 heavy (non-hydrogen) atoms. The van der Waals surface area contributed by atoms with E-state index in [9.17, 15) is 9.18 Å². The number of hydrogen-bond donors (Lipinski definition) is 1. The second kappa shape index (κ2) is 5.82. The predicted molar refractivity (Wildman–Crippen MR) is 81.5 cm³/mol. The van der Waals surface area contributed by atoms with Gasteiger partial charge in [-0.05, 0) is 24.3 Å². The molecule has 0 atom stereocenters. The maximum Gasteiger partial charge on any atom is 0.274 e. The minimum atomic E-state index is -0.335. The van der Waals surface area contributed by atoms with Gasteiger partial charge in [0.15, 0.2) is 0 Å². The molecule has 0 aliphatic heterocycles. The average molecular weight is 320 g/mol. The summed E-state index contributed by atoms with van der Waals surface area (Å²) in [6, 6.07) is 6.05. The van der Waals surface area contributed by atoms with Crippen LogP contribution in [0.25, 0.3) is 10.9 Å². The van der Waals surface area contributed by atoms with E-state index in [-0.39, 0.29) is 11.7 Å². The molecule has 1 aromatic carbocycles. The van der Waals surface area contributed by atoms with Gasteiger partial charge in [0.25, 0.3) is 5.91 Å². The number of nitrogens with one attached hydrogen (secondary N) is 1. The highest BCUT2D eigenvalue weighted by Gasteiger charge is 2.15. The van der Waals surface area contributed by atoms with Gasteiger partial charge in [0.2, 0.25) is 5.13 Å². The van der Waals surface area contributed by atoms with Crippen molar-refractivity contribution in [1.29, 1.82) is 0 Å². The van der Waals surface area contributed by atoms with Gasteiger partial charge in [-0.1, -0.05) is 11.3 Å². The number of fused-ring (bicyclic) bond motifs is 1. The molecule has 1 amide bonds. The molecule has 0 saturated heterocycles. The van der Waals surface area contributed by atoms with Gasteiger partial charge in [-0.3, -0.25) is 10.1 Å². The number of carbonyl (C=O) groups is 1. The van der Waals surface area contributed by atoms with Crippen molar-refractivity contribution in [1.82, 2.24) is 14.8 Å². The van der Waals surface area contributed by atoms with Gasteiger partial charge in [-0.2, -0.15) is 0 Å². The van der Waals surface area contributed by atoms with Crippen LogP contribution >= 0.6 is 11.3 Å². The molecule has 0 saturated carbocycles. The average Bonchev–Trinajstić information content (AvgIpc) is 3.04. The van der Waals surface area contributed by atoms with Crippen LogP contribution in [-0.4, -0.2) is 27.8 Å². The first-order valence-electron chi connectivity index (χ1n) is 6.46. The molecule has 3 aromatic rings. The molecule has 0 bridgehead atoms. The van der Waals surface area contributed by atoms with E-state index in [0.717, 1.165) is 5.52 Å². The monoisotopic (exact) mass is 320 g/mol. The van der Waals surface area contributed by atoms with Gasteiger partial charge in [-0.25, -0.2) is 4.39 Å². The Labute approximate surface area is 129 Å². The second-order valence-electron chi connectivity index (χ2n) is 4.68. The van der Waals surface area contributed by atoms with Crippen molar-refractivity contribution in [2.75, 3.05) is 12.4 Å². The molecule has 0 aliphatic carbocycles. The van der Waals surface area contributed by atoms with Crippen LogP contribution in [0.4, 0.5) is 9.52 Å². The van der Waals surface area contributed by atoms with Crippen molar-refractivity contribution < 1.29 is 13.9 Å². The van der Waals surface area contributed by atoms with Crippen LogP contribution in [0, 0.1) is 5.82 Å². The Bertz CT molecular complexity index is 843. The van der Waals surface area contributed by atoms with E-state index in [4.69, 9.17) is 4.74 Å². The Morgan fingerprint density at radius 3 is 3.00 bits per heavy atom. The lowest BCUT2D eigenvalue weighted by Crippen LogP contribution is -2.15. The highest BCUT2D eigenvalue weighted by molar-refractivity contribution is 7.15. The number of anilines is 1. The van der Waals surface area contributed by atoms with Crippen LogP contribution in [-0.2, 0) is 18.4 Å². The minimum absolute atomic E-state index is 0.320. The Kier molecular flexibility index (Phi) is 3.86. The topological polar surface area (TPSA) is 69.0 Å². The van der Waals surface area contributed by atoms with Crippen molar-refractivity contribution in [3.8, 4) is 0 Å². The molecule has 0 aliphatic rings. The zero-order chi connectivity index (χ0) is 15.7. The first-order valence-corrected chi connectivity index (χ1v) is 7.28. The zero-order valence-corrected chi connectivity index (χ0v) is 12.8. The summed E-state index contributed by atoms with van der Waals surface area (Å²) in [4.78, 5) is 12.3. The van der Waals surface area contributed by atoms with Gasteiger partial charge in [0.05, 0.1) is 0 Å². The zero-order valence-electron chi connectivity index (χ0n) is 12.0. The smallest absolute Gasteiger partial charge is 0.274 e. The van der Waals surface area contributed by atoms with Crippen molar-refractivity contribution in [2.24, 2.45) is 7.05 Å². The number of rotatable bonds is 4. The second-order valence-corrected chi connectivity index (χ2v) is 5.74. The molecule has 6 nitrogen and oxygen atoms in total. The largest absolute Gasteiger partial charge is 0.377 e. The highest BCUT2D eigenvalue weighted by atomic mass is 32.1. The van der Waals surface area contributed by atoms with E-state index in [1.807, 2.05) is 0 Å². The Morgan fingerprint density at radius 2 is 2.23 bits per heavy atom. The number of carbonyl (C=O) groups excluding carboxylic acids is 1. The number of nitrogens with zero attached hydrogens (tertiary/aromatic N) is 3. The minimum Gasteiger partial charge on any atom is -0.377 e. The summed E-state index contributed by atoms with van der Waals surface area (Å²) in [6.45, 7) is 0.348. The molecule has 8 heteroatoms. The molecule has 0 unspecified atom stereocenters. The first kappa shape index (κ1) is 14.6. The van der Waals surface area contributed by atoms with Gasteiger partial charge >= 0.3 is 0 Å². The third kappa shape index (κ3) is 2.70. The molecular formula is C14H13FN4O2S. The fourth-order valence-electron chi connectivity index (χ4n) is 2.19. The molecular weight excluding hydrogens is 307 g/mol. The molecule has 1 N–H and O–H groups in total. The maximum absolute atomic E-state index is 13.3. The lowest BCUT2D eigenvalue weighted by atomic mass is 10.2. The Hall–Kier alpha value is -2.32. The van der Waals surface area contributed by atoms with Gasteiger partial charge in [-0.15, -0.1) is 10.2 Å². The molecule has 2 aromatic heterocycles. The first-order chi connectivity index (χ1) is 10.6. The molecule has 114 valence electrons. The summed E-state index contributed by atoms with van der Waals surface area (Å²) < 4.78 is 19.9. The summed E-state index contributed by atoms with van der Waals surface area (Å²) in [5, 5.41) is 12.2. The van der Waals surface area contributed by atoms with Crippen molar-refractivity contribution >= 4 is 33.3 Å². The third-order valence-electron chi connectivity index (χ3n) is 3.19. The number of halogens is 1. The normalized spacial score (nSPS) is 11.0. The van der Waals surface area contributed by atoms with Gasteiger partial charge in [0, 0.05) is 25.1 Å². The quantitative estimate of drug-likeness (QED) is 0.802. The van der Waals surface area contributed by atoms with E-state index in [0.29, 0.717) is 27.8 Å². The van der Waals surface area contributed by atoms with Crippen molar-refractivity contribution in [3.63, 3.8) is 0 Å². The standard InChI is InChI=1S/C14H13FN4O2S/c1-19-10-4-3-9(15)5-8(10)6-11(19)13(20)16-14-18-17-12(22-14)7-21-2/h3-6H,7H2,1-2H3,(H,16,18,20). The summed E-state index contributed by atoms with van der Waals surface area (Å²) in [7, 11) is 3.32. The van der Waals surface area contributed by atoms with Crippen LogP contribution in [0.15, 0.2) is 24.3 Å². The number of aryl methyl sites for hydroxylation is 1. The Morgan fingerprint density at radius 1 is 1.41 bits per heavy atom. The molecule has 2 heterocycles. The highest BCUT2D eigenvalue weighted by Crippen LogP contribution is 2.22. The van der Waals surface area contributed by atoms with E-state index < -0.39 is 0 Å². The molecule has 0 fully saturated rings. The van der Waals surface area contributed by atoms with E-state index >= 15 is 0 Å². The number of amides is 1. The number of methoxy groups -OCH3 is 1. The predicted octanol–water partition coefficient (Wildman–Crippen LogP) is 2.57. The van der Waals surface area contributed by atoms with Crippen molar-refractivity contribution in [3.05, 3.63) is 40.8 Å². The van der Waals surface area contributed by atoms with E-state index in [1.54, 1.807) is 30.9 Å². The summed E-state index contributed by atoms with van der Waals surface area (Å²) in [6.07, 6.45) is 0. The van der Waals surface area contributed by atoms with E-state index in [2.05, 4.69) is 15.5 Å². The maximum atomic E-state index is 13.3.